The van der Waals surface area contributed by atoms with Crippen LogP contribution in [-0.2, 0) is 23.7 Å². The van der Waals surface area contributed by atoms with E-state index >= 15 is 0 Å². The van der Waals surface area contributed by atoms with E-state index in [0.29, 0.717) is 0 Å². The molecule has 3 rings (SSSR count). The number of ether oxygens (including phenoxy) is 5. The van der Waals surface area contributed by atoms with Crippen molar-refractivity contribution in [1.29, 1.82) is 0 Å². The fourth-order valence-electron chi connectivity index (χ4n) is 3.95. The van der Waals surface area contributed by atoms with Crippen molar-refractivity contribution in [2.45, 2.75) is 92.1 Å². The first-order chi connectivity index (χ1) is 16.0. The molecule has 16 heteroatoms. The maximum Gasteiger partial charge on any atom is 0.187 e. The normalized spacial score (nSPS) is 52.5. The van der Waals surface area contributed by atoms with Crippen molar-refractivity contribution < 1.29 is 79.9 Å². The van der Waals surface area contributed by atoms with E-state index in [1.54, 1.807) is 0 Å². The molecular formula is C18H32O16. The highest BCUT2D eigenvalue weighted by atomic mass is 16.7. The Morgan fingerprint density at radius 1 is 0.500 bits per heavy atom. The van der Waals surface area contributed by atoms with Crippen LogP contribution in [0.5, 0.6) is 0 Å². The molecule has 3 aliphatic heterocycles. The Hall–Kier alpha value is -0.640. The van der Waals surface area contributed by atoms with Gasteiger partial charge in [-0.3, -0.25) is 0 Å². The first-order valence-corrected chi connectivity index (χ1v) is 10.6. The van der Waals surface area contributed by atoms with Gasteiger partial charge < -0.3 is 79.9 Å². The van der Waals surface area contributed by atoms with Crippen LogP contribution in [0.2, 0.25) is 0 Å². The quantitative estimate of drug-likeness (QED) is 0.154. The predicted octanol–water partition coefficient (Wildman–Crippen LogP) is -7.57. The van der Waals surface area contributed by atoms with Crippen molar-refractivity contribution in [3.63, 3.8) is 0 Å². The fraction of sp³-hybridized carbons (Fsp3) is 1.00. The Morgan fingerprint density at radius 3 is 1.62 bits per heavy atom. The van der Waals surface area contributed by atoms with Gasteiger partial charge in [0, 0.05) is 0 Å². The van der Waals surface area contributed by atoms with Crippen LogP contribution in [-0.4, -0.2) is 168 Å². The van der Waals surface area contributed by atoms with Crippen molar-refractivity contribution in [1.82, 2.24) is 0 Å². The minimum Gasteiger partial charge on any atom is -0.394 e. The molecular weight excluding hydrogens is 472 g/mol. The van der Waals surface area contributed by atoms with E-state index in [4.69, 9.17) is 23.7 Å². The third-order valence-electron chi connectivity index (χ3n) is 6.07. The lowest BCUT2D eigenvalue weighted by Crippen LogP contribution is -2.65. The van der Waals surface area contributed by atoms with Gasteiger partial charge in [-0.1, -0.05) is 0 Å². The lowest BCUT2D eigenvalue weighted by Gasteiger charge is -2.45. The smallest absolute Gasteiger partial charge is 0.187 e. The van der Waals surface area contributed by atoms with Gasteiger partial charge >= 0.3 is 0 Å². The Bertz CT molecular complexity index is 637. The largest absolute Gasteiger partial charge is 0.394 e. The molecule has 11 N–H and O–H groups in total. The van der Waals surface area contributed by atoms with Gasteiger partial charge in [-0.25, -0.2) is 0 Å². The molecule has 0 aliphatic carbocycles. The standard InChI is InChI=1S/C18H32O16/c19-1-4-7(21)9(23)13(27)17(32-4)30-3-6-8(22)10(24)14(28)18(33-6)34-15-5(2-20)31-16(29)12(26)11(15)25/h4-29H,1-3H2/t4-,5+,6+,7-,8+,9+,10-,11+,12+,13-,14+,15+,16+,17-,18-/m0/s1. The highest BCUT2D eigenvalue weighted by Crippen LogP contribution is 2.29. The highest BCUT2D eigenvalue weighted by molar-refractivity contribution is 4.94. The van der Waals surface area contributed by atoms with Gasteiger partial charge in [0.25, 0.3) is 0 Å². The highest BCUT2D eigenvalue weighted by Gasteiger charge is 2.51. The van der Waals surface area contributed by atoms with Crippen molar-refractivity contribution in [2.24, 2.45) is 0 Å². The molecule has 3 heterocycles. The number of rotatable bonds is 7. The summed E-state index contributed by atoms with van der Waals surface area (Å²) in [7, 11) is 0. The van der Waals surface area contributed by atoms with E-state index in [1.807, 2.05) is 0 Å². The third kappa shape index (κ3) is 5.52. The van der Waals surface area contributed by atoms with Gasteiger partial charge in [0.1, 0.15) is 73.2 Å². The minimum absolute atomic E-state index is 0.609. The van der Waals surface area contributed by atoms with Crippen molar-refractivity contribution in [3.05, 3.63) is 0 Å². The van der Waals surface area contributed by atoms with E-state index in [2.05, 4.69) is 0 Å². The van der Waals surface area contributed by atoms with E-state index < -0.39 is 112 Å². The van der Waals surface area contributed by atoms with Crippen LogP contribution < -0.4 is 0 Å². The van der Waals surface area contributed by atoms with Gasteiger partial charge in [0.05, 0.1) is 19.8 Å². The maximum atomic E-state index is 10.3. The number of hydrogen-bond donors (Lipinski definition) is 11. The SMILES string of the molecule is OC[C@@H]1O[C@H](OC[C@H]2O[C@@H](O[C@H]3[C@H](O)[C@@H](O)[C@H](O)O[C@@H]3CO)[C@H](O)[C@@H](O)[C@@H]2O)[C@@H](O)[C@H](O)[C@H]1O. The maximum absolute atomic E-state index is 10.3. The molecule has 3 aliphatic rings. The van der Waals surface area contributed by atoms with Crippen LogP contribution in [0, 0.1) is 0 Å². The van der Waals surface area contributed by atoms with Crippen LogP contribution >= 0.6 is 0 Å². The Kier molecular flexibility index (Phi) is 9.54. The number of hydrogen-bond acceptors (Lipinski definition) is 16. The number of aliphatic hydroxyl groups excluding tert-OH is 11. The van der Waals surface area contributed by atoms with E-state index in [9.17, 15) is 56.2 Å². The van der Waals surface area contributed by atoms with Gasteiger partial charge in [0.15, 0.2) is 18.9 Å². The summed E-state index contributed by atoms with van der Waals surface area (Å²) >= 11 is 0. The minimum atomic E-state index is -1.87. The zero-order chi connectivity index (χ0) is 25.3. The lowest BCUT2D eigenvalue weighted by atomic mass is 9.97. The van der Waals surface area contributed by atoms with Gasteiger partial charge in [-0.15, -0.1) is 0 Å². The monoisotopic (exact) mass is 504 g/mol. The zero-order valence-corrected chi connectivity index (χ0v) is 17.7. The van der Waals surface area contributed by atoms with Crippen molar-refractivity contribution >= 4 is 0 Å². The molecule has 0 aromatic heterocycles. The third-order valence-corrected chi connectivity index (χ3v) is 6.07. The predicted molar refractivity (Wildman–Crippen MR) is 101 cm³/mol. The Balaban J connectivity index is 1.66. The summed E-state index contributed by atoms with van der Waals surface area (Å²) in [6.45, 7) is -2.07. The second-order valence-corrected chi connectivity index (χ2v) is 8.37. The second-order valence-electron chi connectivity index (χ2n) is 8.37. The van der Waals surface area contributed by atoms with Gasteiger partial charge in [0.2, 0.25) is 0 Å². The first kappa shape index (κ1) is 27.9. The van der Waals surface area contributed by atoms with E-state index in [1.165, 1.54) is 0 Å². The van der Waals surface area contributed by atoms with Crippen LogP contribution in [0.25, 0.3) is 0 Å². The van der Waals surface area contributed by atoms with Gasteiger partial charge in [-0.2, -0.15) is 0 Å². The van der Waals surface area contributed by atoms with Crippen LogP contribution in [0.3, 0.4) is 0 Å². The summed E-state index contributed by atoms with van der Waals surface area (Å²) in [4.78, 5) is 0. The molecule has 0 unspecified atom stereocenters. The molecule has 15 atom stereocenters. The molecule has 0 spiro atoms. The van der Waals surface area contributed by atoms with Crippen molar-refractivity contribution in [2.75, 3.05) is 19.8 Å². The number of aliphatic hydroxyl groups is 11. The van der Waals surface area contributed by atoms with Crippen LogP contribution in [0.4, 0.5) is 0 Å². The molecule has 0 radical (unpaired) electrons. The average molecular weight is 504 g/mol. The molecule has 0 bridgehead atoms. The molecule has 200 valence electrons. The first-order valence-electron chi connectivity index (χ1n) is 10.6. The molecule has 0 saturated carbocycles. The fourth-order valence-corrected chi connectivity index (χ4v) is 3.95. The summed E-state index contributed by atoms with van der Waals surface area (Å²) in [5, 5.41) is 109. The van der Waals surface area contributed by atoms with Crippen LogP contribution in [0.15, 0.2) is 0 Å². The van der Waals surface area contributed by atoms with E-state index in [0.717, 1.165) is 0 Å². The molecule has 0 amide bonds. The van der Waals surface area contributed by atoms with Crippen LogP contribution in [0.1, 0.15) is 0 Å². The second kappa shape index (κ2) is 11.6. The van der Waals surface area contributed by atoms with Gasteiger partial charge in [-0.05, 0) is 0 Å². The molecule has 34 heavy (non-hydrogen) atoms. The topological polar surface area (TPSA) is 269 Å². The summed E-state index contributed by atoms with van der Waals surface area (Å²) in [6.07, 6.45) is -24.9. The molecule has 0 aromatic rings. The molecule has 16 nitrogen and oxygen atoms in total. The Morgan fingerprint density at radius 2 is 1.03 bits per heavy atom. The molecule has 3 fully saturated rings. The molecule has 3 saturated heterocycles. The Labute approximate surface area is 192 Å². The molecule has 0 aromatic carbocycles. The zero-order valence-electron chi connectivity index (χ0n) is 17.7. The summed E-state index contributed by atoms with van der Waals surface area (Å²) in [5.41, 5.74) is 0. The summed E-state index contributed by atoms with van der Waals surface area (Å²) < 4.78 is 26.3. The average Bonchev–Trinajstić information content (AvgIpc) is 2.82. The lowest BCUT2D eigenvalue weighted by molar-refractivity contribution is -0.362. The summed E-state index contributed by atoms with van der Waals surface area (Å²) in [6, 6.07) is 0. The summed E-state index contributed by atoms with van der Waals surface area (Å²) in [5.74, 6) is 0. The van der Waals surface area contributed by atoms with E-state index in [-0.39, 0.29) is 0 Å². The van der Waals surface area contributed by atoms with Crippen molar-refractivity contribution in [3.8, 4) is 0 Å².